The average Bonchev–Trinajstić information content (AvgIpc) is 2.32. The Morgan fingerprint density at radius 1 is 1.25 bits per heavy atom. The van der Waals surface area contributed by atoms with E-state index in [9.17, 15) is 9.50 Å². The van der Waals surface area contributed by atoms with Gasteiger partial charge in [0.1, 0.15) is 5.82 Å². The van der Waals surface area contributed by atoms with Crippen LogP contribution in [0.5, 0.6) is 0 Å². The van der Waals surface area contributed by atoms with Crippen molar-refractivity contribution >= 4 is 0 Å². The number of hydrogen-bond acceptors (Lipinski definition) is 2. The molecule has 1 fully saturated rings. The number of halogens is 1. The van der Waals surface area contributed by atoms with E-state index in [1.54, 1.807) is 0 Å². The van der Waals surface area contributed by atoms with Gasteiger partial charge in [-0.1, -0.05) is 12.1 Å². The number of rotatable bonds is 2. The molecule has 0 heterocycles. The fourth-order valence-corrected chi connectivity index (χ4v) is 2.43. The van der Waals surface area contributed by atoms with Crippen LogP contribution in [0.3, 0.4) is 0 Å². The summed E-state index contributed by atoms with van der Waals surface area (Å²) < 4.78 is 12.8. The van der Waals surface area contributed by atoms with Crippen LogP contribution in [0.2, 0.25) is 0 Å². The highest BCUT2D eigenvalue weighted by Crippen LogP contribution is 2.37. The largest absolute Gasteiger partial charge is 0.389 e. The molecule has 1 aromatic rings. The van der Waals surface area contributed by atoms with E-state index in [4.69, 9.17) is 5.73 Å². The standard InChI is InChI=1S/C13H18FNO/c14-12-3-1-10(2-4-12)11-5-7-13(16,9-15)8-6-11/h1-4,11,16H,5-9,15H2. The predicted molar refractivity (Wildman–Crippen MR) is 61.6 cm³/mol. The highest BCUT2D eigenvalue weighted by molar-refractivity contribution is 5.21. The quantitative estimate of drug-likeness (QED) is 0.807. The lowest BCUT2D eigenvalue weighted by Gasteiger charge is -2.35. The van der Waals surface area contributed by atoms with E-state index in [-0.39, 0.29) is 5.82 Å². The van der Waals surface area contributed by atoms with Gasteiger partial charge in [-0.2, -0.15) is 0 Å². The second-order valence-electron chi connectivity index (χ2n) is 4.75. The number of benzene rings is 1. The molecule has 0 amide bonds. The van der Waals surface area contributed by atoms with Crippen molar-refractivity contribution in [3.8, 4) is 0 Å². The first-order chi connectivity index (χ1) is 7.63. The molecule has 0 bridgehead atoms. The molecule has 16 heavy (non-hydrogen) atoms. The van der Waals surface area contributed by atoms with Gasteiger partial charge < -0.3 is 10.8 Å². The summed E-state index contributed by atoms with van der Waals surface area (Å²) in [5, 5.41) is 10.0. The molecule has 3 heteroatoms. The van der Waals surface area contributed by atoms with Gasteiger partial charge in [-0.3, -0.25) is 0 Å². The van der Waals surface area contributed by atoms with Crippen LogP contribution in [-0.4, -0.2) is 17.3 Å². The molecule has 0 radical (unpaired) electrons. The minimum atomic E-state index is -0.670. The molecular weight excluding hydrogens is 205 g/mol. The van der Waals surface area contributed by atoms with Gasteiger partial charge in [0.05, 0.1) is 5.60 Å². The van der Waals surface area contributed by atoms with Gasteiger partial charge in [0.15, 0.2) is 0 Å². The van der Waals surface area contributed by atoms with Crippen LogP contribution in [0.1, 0.15) is 37.2 Å². The summed E-state index contributed by atoms with van der Waals surface area (Å²) in [5.41, 5.74) is 6.04. The van der Waals surface area contributed by atoms with Gasteiger partial charge in [0.25, 0.3) is 0 Å². The number of nitrogens with two attached hydrogens (primary N) is 1. The van der Waals surface area contributed by atoms with E-state index in [0.717, 1.165) is 25.7 Å². The lowest BCUT2D eigenvalue weighted by Crippen LogP contribution is -2.40. The first-order valence-electron chi connectivity index (χ1n) is 5.81. The Morgan fingerprint density at radius 2 is 1.81 bits per heavy atom. The molecular formula is C13H18FNO. The van der Waals surface area contributed by atoms with Gasteiger partial charge in [-0.15, -0.1) is 0 Å². The highest BCUT2D eigenvalue weighted by atomic mass is 19.1. The third-order valence-corrected chi connectivity index (χ3v) is 3.64. The first-order valence-corrected chi connectivity index (χ1v) is 5.81. The maximum absolute atomic E-state index is 12.8. The Bertz CT molecular complexity index is 341. The second kappa shape index (κ2) is 4.52. The summed E-state index contributed by atoms with van der Waals surface area (Å²) in [6.07, 6.45) is 3.34. The summed E-state index contributed by atoms with van der Waals surface area (Å²) >= 11 is 0. The maximum Gasteiger partial charge on any atom is 0.123 e. The second-order valence-corrected chi connectivity index (χ2v) is 4.75. The summed E-state index contributed by atoms with van der Waals surface area (Å²) in [4.78, 5) is 0. The Balaban J connectivity index is 2.01. The fraction of sp³-hybridized carbons (Fsp3) is 0.538. The molecule has 0 aliphatic heterocycles. The third-order valence-electron chi connectivity index (χ3n) is 3.64. The first kappa shape index (κ1) is 11.6. The van der Waals surface area contributed by atoms with E-state index < -0.39 is 5.60 Å². The van der Waals surface area contributed by atoms with Crippen LogP contribution in [0.4, 0.5) is 4.39 Å². The van der Waals surface area contributed by atoms with Crippen molar-refractivity contribution in [2.75, 3.05) is 6.54 Å². The number of aliphatic hydroxyl groups is 1. The monoisotopic (exact) mass is 223 g/mol. The van der Waals surface area contributed by atoms with Crippen molar-refractivity contribution in [3.05, 3.63) is 35.6 Å². The van der Waals surface area contributed by atoms with E-state index in [2.05, 4.69) is 0 Å². The molecule has 0 atom stereocenters. The van der Waals surface area contributed by atoms with E-state index >= 15 is 0 Å². The van der Waals surface area contributed by atoms with Crippen LogP contribution >= 0.6 is 0 Å². The Labute approximate surface area is 95.3 Å². The van der Waals surface area contributed by atoms with Crippen LogP contribution in [0.15, 0.2) is 24.3 Å². The van der Waals surface area contributed by atoms with Crippen molar-refractivity contribution in [2.24, 2.45) is 5.73 Å². The zero-order valence-electron chi connectivity index (χ0n) is 9.32. The van der Waals surface area contributed by atoms with Gasteiger partial charge >= 0.3 is 0 Å². The maximum atomic E-state index is 12.8. The molecule has 1 aliphatic rings. The third kappa shape index (κ3) is 2.42. The highest BCUT2D eigenvalue weighted by Gasteiger charge is 2.32. The van der Waals surface area contributed by atoms with Crippen LogP contribution in [0, 0.1) is 5.82 Å². The van der Waals surface area contributed by atoms with E-state index in [1.807, 2.05) is 12.1 Å². The fourth-order valence-electron chi connectivity index (χ4n) is 2.43. The minimum absolute atomic E-state index is 0.196. The molecule has 0 aromatic heterocycles. The molecule has 0 saturated heterocycles. The van der Waals surface area contributed by atoms with Crippen LogP contribution in [-0.2, 0) is 0 Å². The number of hydrogen-bond donors (Lipinski definition) is 2. The van der Waals surface area contributed by atoms with E-state index in [0.29, 0.717) is 12.5 Å². The van der Waals surface area contributed by atoms with Crippen molar-refractivity contribution in [2.45, 2.75) is 37.2 Å². The Morgan fingerprint density at radius 3 is 2.31 bits per heavy atom. The summed E-state index contributed by atoms with van der Waals surface area (Å²) in [7, 11) is 0. The summed E-state index contributed by atoms with van der Waals surface area (Å²) in [6, 6.07) is 6.68. The van der Waals surface area contributed by atoms with Crippen molar-refractivity contribution in [1.82, 2.24) is 0 Å². The van der Waals surface area contributed by atoms with Crippen LogP contribution in [0.25, 0.3) is 0 Å². The zero-order valence-corrected chi connectivity index (χ0v) is 9.32. The Kier molecular flexibility index (Phi) is 3.26. The van der Waals surface area contributed by atoms with Gasteiger partial charge in [-0.25, -0.2) is 4.39 Å². The van der Waals surface area contributed by atoms with E-state index in [1.165, 1.54) is 17.7 Å². The molecule has 1 aliphatic carbocycles. The normalized spacial score (nSPS) is 30.3. The molecule has 88 valence electrons. The molecule has 2 rings (SSSR count). The SMILES string of the molecule is NCC1(O)CCC(c2ccc(F)cc2)CC1. The lowest BCUT2D eigenvalue weighted by molar-refractivity contribution is 0.00766. The van der Waals surface area contributed by atoms with Crippen molar-refractivity contribution < 1.29 is 9.50 Å². The molecule has 2 nitrogen and oxygen atoms in total. The molecule has 3 N–H and O–H groups in total. The van der Waals surface area contributed by atoms with Gasteiger partial charge in [0.2, 0.25) is 0 Å². The molecule has 0 spiro atoms. The summed E-state index contributed by atoms with van der Waals surface area (Å²) in [5.74, 6) is 0.241. The zero-order chi connectivity index (χ0) is 11.6. The van der Waals surface area contributed by atoms with Crippen molar-refractivity contribution in [1.29, 1.82) is 0 Å². The Hall–Kier alpha value is -0.930. The molecule has 0 unspecified atom stereocenters. The van der Waals surface area contributed by atoms with Crippen LogP contribution < -0.4 is 5.73 Å². The average molecular weight is 223 g/mol. The summed E-state index contributed by atoms with van der Waals surface area (Å²) in [6.45, 7) is 0.336. The topological polar surface area (TPSA) is 46.2 Å². The van der Waals surface area contributed by atoms with Gasteiger partial charge in [-0.05, 0) is 49.3 Å². The van der Waals surface area contributed by atoms with Crippen molar-refractivity contribution in [3.63, 3.8) is 0 Å². The minimum Gasteiger partial charge on any atom is -0.389 e. The molecule has 1 aromatic carbocycles. The lowest BCUT2D eigenvalue weighted by atomic mass is 9.76. The smallest absolute Gasteiger partial charge is 0.123 e. The van der Waals surface area contributed by atoms with Gasteiger partial charge in [0, 0.05) is 6.54 Å². The molecule has 1 saturated carbocycles. The predicted octanol–water partition coefficient (Wildman–Crippen LogP) is 2.17.